The number of anilines is 1. The maximum Gasteiger partial charge on any atom is 0.417 e. The third-order valence-corrected chi connectivity index (χ3v) is 3.11. The highest BCUT2D eigenvalue weighted by Crippen LogP contribution is 2.34. The number of nitriles is 1. The lowest BCUT2D eigenvalue weighted by Gasteiger charge is -2.10. The summed E-state index contributed by atoms with van der Waals surface area (Å²) in [5.41, 5.74) is 6.74. The van der Waals surface area contributed by atoms with Gasteiger partial charge in [-0.3, -0.25) is 10.8 Å². The lowest BCUT2D eigenvalue weighted by Crippen LogP contribution is -2.21. The van der Waals surface area contributed by atoms with E-state index in [1.807, 2.05) is 0 Å². The van der Waals surface area contributed by atoms with Crippen LogP contribution in [0.2, 0.25) is 5.02 Å². The predicted molar refractivity (Wildman–Crippen MR) is 89.3 cm³/mol. The molecule has 0 saturated carbocycles. The van der Waals surface area contributed by atoms with Crippen molar-refractivity contribution in [3.63, 3.8) is 0 Å². The summed E-state index contributed by atoms with van der Waals surface area (Å²) in [7, 11) is 0. The van der Waals surface area contributed by atoms with Gasteiger partial charge in [-0.2, -0.15) is 23.5 Å². The fraction of sp³-hybridized carbons (Fsp3) is 0.0667. The summed E-state index contributed by atoms with van der Waals surface area (Å²) in [6, 6.07) is 8.44. The van der Waals surface area contributed by atoms with Crippen molar-refractivity contribution in [1.29, 1.82) is 10.7 Å². The molecule has 0 amide bonds. The average molecular weight is 383 g/mol. The third kappa shape index (κ3) is 4.84. The molecule has 0 radical (unpaired) electrons. The Kier molecular flexibility index (Phi) is 5.64. The Balaban J connectivity index is 2.19. The minimum Gasteiger partial charge on any atom is -0.437 e. The van der Waals surface area contributed by atoms with E-state index in [-0.39, 0.29) is 22.4 Å². The zero-order valence-corrected chi connectivity index (χ0v) is 13.6. The molecular weight excluding hydrogens is 373 g/mol. The van der Waals surface area contributed by atoms with Crippen LogP contribution in [-0.4, -0.2) is 16.5 Å². The molecular formula is C15H10ClF3N6O. The SMILES string of the molecule is N#C/C(=N\Nc1cccc(Oc2ncc(C(F)(F)F)cc2Cl)c1)C(=N)N. The molecule has 0 aliphatic carbocycles. The first-order valence-electron chi connectivity index (χ1n) is 6.79. The number of rotatable bonds is 5. The largest absolute Gasteiger partial charge is 0.437 e. The first-order chi connectivity index (χ1) is 12.2. The topological polar surface area (TPSA) is 120 Å². The van der Waals surface area contributed by atoms with Crippen molar-refractivity contribution in [3.05, 3.63) is 47.1 Å². The first kappa shape index (κ1) is 19.0. The molecule has 0 fully saturated rings. The smallest absolute Gasteiger partial charge is 0.417 e. The van der Waals surface area contributed by atoms with E-state index in [4.69, 9.17) is 32.7 Å². The Hall–Kier alpha value is -3.32. The number of aromatic nitrogens is 1. The molecule has 0 aliphatic rings. The quantitative estimate of drug-likeness (QED) is 0.413. The van der Waals surface area contributed by atoms with Gasteiger partial charge in [0.1, 0.15) is 16.8 Å². The van der Waals surface area contributed by atoms with Gasteiger partial charge in [0.05, 0.1) is 11.3 Å². The summed E-state index contributed by atoms with van der Waals surface area (Å²) in [6.45, 7) is 0. The van der Waals surface area contributed by atoms with E-state index in [0.29, 0.717) is 18.0 Å². The summed E-state index contributed by atoms with van der Waals surface area (Å²) in [5, 5.41) is 19.3. The molecule has 0 saturated heterocycles. The van der Waals surface area contributed by atoms with Gasteiger partial charge in [-0.15, -0.1) is 0 Å². The van der Waals surface area contributed by atoms with E-state index in [1.54, 1.807) is 18.2 Å². The Morgan fingerprint density at radius 2 is 2.12 bits per heavy atom. The zero-order valence-electron chi connectivity index (χ0n) is 12.8. The second-order valence-corrected chi connectivity index (χ2v) is 5.14. The lowest BCUT2D eigenvalue weighted by atomic mass is 10.3. The Morgan fingerprint density at radius 3 is 2.69 bits per heavy atom. The second-order valence-electron chi connectivity index (χ2n) is 4.74. The van der Waals surface area contributed by atoms with E-state index >= 15 is 0 Å². The van der Waals surface area contributed by atoms with Crippen molar-refractivity contribution < 1.29 is 17.9 Å². The number of halogens is 4. The van der Waals surface area contributed by atoms with Gasteiger partial charge in [0.2, 0.25) is 11.6 Å². The fourth-order valence-corrected chi connectivity index (χ4v) is 1.87. The molecule has 0 spiro atoms. The van der Waals surface area contributed by atoms with Crippen molar-refractivity contribution in [2.75, 3.05) is 5.43 Å². The number of ether oxygens (including phenoxy) is 1. The van der Waals surface area contributed by atoms with Crippen LogP contribution >= 0.6 is 11.6 Å². The van der Waals surface area contributed by atoms with E-state index in [9.17, 15) is 13.2 Å². The monoisotopic (exact) mass is 382 g/mol. The maximum atomic E-state index is 12.6. The molecule has 0 bridgehead atoms. The normalized spacial score (nSPS) is 11.6. The molecule has 2 rings (SSSR count). The van der Waals surface area contributed by atoms with E-state index in [0.717, 1.165) is 0 Å². The Labute approximate surface area is 150 Å². The number of pyridine rings is 1. The number of benzene rings is 1. The van der Waals surface area contributed by atoms with Crippen molar-refractivity contribution in [1.82, 2.24) is 4.98 Å². The number of nitrogens with two attached hydrogens (primary N) is 1. The van der Waals surface area contributed by atoms with E-state index in [2.05, 4.69) is 15.5 Å². The minimum atomic E-state index is -4.56. The summed E-state index contributed by atoms with van der Waals surface area (Å²) in [4.78, 5) is 3.57. The number of hydrazone groups is 1. The zero-order chi connectivity index (χ0) is 19.3. The number of nitrogens with one attached hydrogen (secondary N) is 2. The average Bonchev–Trinajstić information content (AvgIpc) is 2.56. The van der Waals surface area contributed by atoms with Crippen molar-refractivity contribution in [2.45, 2.75) is 6.18 Å². The van der Waals surface area contributed by atoms with Crippen LogP contribution in [0.15, 0.2) is 41.6 Å². The standard InChI is InChI=1S/C15H10ClF3N6O/c16-11-4-8(15(17,18)19)7-23-14(11)26-10-3-1-2-9(5-10)24-25-12(6-20)13(21)22/h1-5,7,24H,(H3,21,22)/b25-12+. The van der Waals surface area contributed by atoms with Crippen LogP contribution in [0.25, 0.3) is 0 Å². The third-order valence-electron chi connectivity index (χ3n) is 2.84. The number of amidine groups is 1. The molecule has 4 N–H and O–H groups in total. The van der Waals surface area contributed by atoms with Crippen LogP contribution in [0.1, 0.15) is 5.56 Å². The van der Waals surface area contributed by atoms with E-state index < -0.39 is 17.6 Å². The molecule has 7 nitrogen and oxygen atoms in total. The minimum absolute atomic E-state index is 0.207. The van der Waals surface area contributed by atoms with Gasteiger partial charge in [0.15, 0.2) is 5.84 Å². The molecule has 1 heterocycles. The van der Waals surface area contributed by atoms with Crippen molar-refractivity contribution >= 4 is 28.8 Å². The predicted octanol–water partition coefficient (Wildman–Crippen LogP) is 3.77. The van der Waals surface area contributed by atoms with Crippen LogP contribution < -0.4 is 15.9 Å². The molecule has 0 aliphatic heterocycles. The molecule has 2 aromatic rings. The van der Waals surface area contributed by atoms with Crippen LogP contribution in [-0.2, 0) is 6.18 Å². The Morgan fingerprint density at radius 1 is 1.38 bits per heavy atom. The summed E-state index contributed by atoms with van der Waals surface area (Å²) in [6.07, 6.45) is -3.95. The molecule has 1 aromatic heterocycles. The maximum absolute atomic E-state index is 12.6. The van der Waals surface area contributed by atoms with Gasteiger partial charge < -0.3 is 10.5 Å². The molecule has 1 aromatic carbocycles. The van der Waals surface area contributed by atoms with Crippen molar-refractivity contribution in [3.8, 4) is 17.7 Å². The second kappa shape index (κ2) is 7.71. The van der Waals surface area contributed by atoms with Gasteiger partial charge in [-0.25, -0.2) is 4.98 Å². The fourth-order valence-electron chi connectivity index (χ4n) is 1.66. The number of alkyl halides is 3. The van der Waals surface area contributed by atoms with Gasteiger partial charge in [-0.05, 0) is 18.2 Å². The summed E-state index contributed by atoms with van der Waals surface area (Å²) >= 11 is 5.78. The van der Waals surface area contributed by atoms with E-state index in [1.165, 1.54) is 12.1 Å². The van der Waals surface area contributed by atoms with Crippen LogP contribution in [0.5, 0.6) is 11.6 Å². The van der Waals surface area contributed by atoms with Gasteiger partial charge in [0.25, 0.3) is 0 Å². The van der Waals surface area contributed by atoms with Crippen LogP contribution in [0.4, 0.5) is 18.9 Å². The van der Waals surface area contributed by atoms with Crippen LogP contribution in [0.3, 0.4) is 0 Å². The lowest BCUT2D eigenvalue weighted by molar-refractivity contribution is -0.137. The van der Waals surface area contributed by atoms with Crippen LogP contribution in [0, 0.1) is 16.7 Å². The van der Waals surface area contributed by atoms with Crippen molar-refractivity contribution in [2.24, 2.45) is 10.8 Å². The molecule has 26 heavy (non-hydrogen) atoms. The first-order valence-corrected chi connectivity index (χ1v) is 7.17. The highest BCUT2D eigenvalue weighted by atomic mass is 35.5. The number of hydrogen-bond acceptors (Lipinski definition) is 6. The van der Waals surface area contributed by atoms with Gasteiger partial charge in [-0.1, -0.05) is 17.7 Å². The summed E-state index contributed by atoms with van der Waals surface area (Å²) < 4.78 is 43.2. The van der Waals surface area contributed by atoms with Gasteiger partial charge in [0, 0.05) is 12.3 Å². The molecule has 134 valence electrons. The highest BCUT2D eigenvalue weighted by Gasteiger charge is 2.31. The summed E-state index contributed by atoms with van der Waals surface area (Å²) in [5.74, 6) is -0.504. The number of nitrogens with zero attached hydrogens (tertiary/aromatic N) is 3. The highest BCUT2D eigenvalue weighted by molar-refractivity contribution is 6.45. The molecule has 11 heteroatoms. The Bertz CT molecular complexity index is 907. The molecule has 0 atom stereocenters. The van der Waals surface area contributed by atoms with Gasteiger partial charge >= 0.3 is 6.18 Å². The molecule has 0 unspecified atom stereocenters. The number of hydrogen-bond donors (Lipinski definition) is 3.